The number of aromatic nitrogens is 1. The lowest BCUT2D eigenvalue weighted by Gasteiger charge is -2.10. The number of nitrogens with zero attached hydrogens (tertiary/aromatic N) is 1. The number of benzene rings is 1. The highest BCUT2D eigenvalue weighted by Crippen LogP contribution is 2.27. The Hall–Kier alpha value is -2.30. The van der Waals surface area contributed by atoms with Crippen LogP contribution in [-0.4, -0.2) is 22.2 Å². The van der Waals surface area contributed by atoms with E-state index in [-0.39, 0.29) is 17.6 Å². The smallest absolute Gasteiger partial charge is 0.358 e. The molecule has 0 spiro atoms. The van der Waals surface area contributed by atoms with Crippen molar-refractivity contribution in [1.29, 1.82) is 0 Å². The van der Waals surface area contributed by atoms with Crippen molar-refractivity contribution in [2.24, 2.45) is 0 Å². The second-order valence-electron chi connectivity index (χ2n) is 4.03. The molecule has 0 fully saturated rings. The van der Waals surface area contributed by atoms with Crippen LogP contribution < -0.4 is 4.74 Å². The maximum Gasteiger partial charge on any atom is 0.358 e. The van der Waals surface area contributed by atoms with E-state index < -0.39 is 5.97 Å². The average molecular weight is 247 g/mol. The van der Waals surface area contributed by atoms with E-state index in [1.165, 1.54) is 0 Å². The van der Waals surface area contributed by atoms with Crippen molar-refractivity contribution in [1.82, 2.24) is 4.98 Å². The van der Waals surface area contributed by atoms with Gasteiger partial charge < -0.3 is 14.3 Å². The highest BCUT2D eigenvalue weighted by Gasteiger charge is 2.17. The molecule has 1 aromatic heterocycles. The van der Waals surface area contributed by atoms with Gasteiger partial charge in [0.1, 0.15) is 5.75 Å². The number of oxazole rings is 1. The van der Waals surface area contributed by atoms with Gasteiger partial charge in [-0.1, -0.05) is 12.1 Å². The first kappa shape index (κ1) is 12.2. The third kappa shape index (κ3) is 2.51. The lowest BCUT2D eigenvalue weighted by atomic mass is 10.1. The molecule has 2 aromatic rings. The van der Waals surface area contributed by atoms with Gasteiger partial charge in [0.25, 0.3) is 0 Å². The summed E-state index contributed by atoms with van der Waals surface area (Å²) in [5, 5.41) is 8.98. The van der Waals surface area contributed by atoms with Gasteiger partial charge in [0, 0.05) is 5.56 Å². The number of rotatable bonds is 4. The van der Waals surface area contributed by atoms with Crippen LogP contribution in [-0.2, 0) is 0 Å². The Labute approximate surface area is 104 Å². The Morgan fingerprint density at radius 1 is 1.44 bits per heavy atom. The predicted octanol–water partition coefficient (Wildman–Crippen LogP) is 2.83. The number of aromatic carboxylic acids is 1. The van der Waals surface area contributed by atoms with E-state index in [2.05, 4.69) is 4.98 Å². The molecule has 0 aliphatic carbocycles. The summed E-state index contributed by atoms with van der Waals surface area (Å²) in [4.78, 5) is 14.6. The highest BCUT2D eigenvalue weighted by atomic mass is 16.5. The van der Waals surface area contributed by atoms with Gasteiger partial charge in [-0.2, -0.15) is 0 Å². The number of hydrogen-bond donors (Lipinski definition) is 1. The third-order valence-corrected chi connectivity index (χ3v) is 2.24. The molecular formula is C13H13NO4. The first-order valence-corrected chi connectivity index (χ1v) is 5.52. The third-order valence-electron chi connectivity index (χ3n) is 2.24. The normalized spacial score (nSPS) is 10.6. The van der Waals surface area contributed by atoms with Crippen LogP contribution in [0.15, 0.2) is 35.1 Å². The van der Waals surface area contributed by atoms with Crippen molar-refractivity contribution >= 4 is 5.97 Å². The van der Waals surface area contributed by atoms with Crippen LogP contribution in [0.1, 0.15) is 24.3 Å². The topological polar surface area (TPSA) is 72.6 Å². The summed E-state index contributed by atoms with van der Waals surface area (Å²) in [6.07, 6.45) is 1.17. The van der Waals surface area contributed by atoms with Crippen molar-refractivity contribution in [2.45, 2.75) is 20.0 Å². The van der Waals surface area contributed by atoms with Crippen molar-refractivity contribution in [3.05, 3.63) is 36.4 Å². The van der Waals surface area contributed by atoms with Gasteiger partial charge in [-0.3, -0.25) is 0 Å². The fourth-order valence-corrected chi connectivity index (χ4v) is 1.59. The number of hydrogen-bond acceptors (Lipinski definition) is 4. The molecule has 0 saturated heterocycles. The van der Waals surface area contributed by atoms with Crippen LogP contribution >= 0.6 is 0 Å². The quantitative estimate of drug-likeness (QED) is 0.899. The molecule has 18 heavy (non-hydrogen) atoms. The molecule has 0 atom stereocenters. The molecule has 0 aliphatic rings. The Kier molecular flexibility index (Phi) is 3.32. The van der Waals surface area contributed by atoms with E-state index in [0.29, 0.717) is 11.3 Å². The van der Waals surface area contributed by atoms with E-state index in [4.69, 9.17) is 14.3 Å². The zero-order valence-electron chi connectivity index (χ0n) is 10.1. The van der Waals surface area contributed by atoms with Gasteiger partial charge in [-0.15, -0.1) is 0 Å². The minimum Gasteiger partial charge on any atom is -0.491 e. The summed E-state index contributed by atoms with van der Waals surface area (Å²) in [5.41, 5.74) is 0.528. The Morgan fingerprint density at radius 3 is 2.89 bits per heavy atom. The van der Waals surface area contributed by atoms with Gasteiger partial charge in [-0.05, 0) is 26.0 Å². The molecule has 0 bridgehead atoms. The van der Waals surface area contributed by atoms with Gasteiger partial charge in [0.2, 0.25) is 0 Å². The predicted molar refractivity (Wildman–Crippen MR) is 64.7 cm³/mol. The van der Waals surface area contributed by atoms with Crippen molar-refractivity contribution in [3.8, 4) is 17.1 Å². The Morgan fingerprint density at radius 2 is 2.22 bits per heavy atom. The van der Waals surface area contributed by atoms with Crippen LogP contribution in [0.5, 0.6) is 5.75 Å². The summed E-state index contributed by atoms with van der Waals surface area (Å²) < 4.78 is 10.7. The van der Waals surface area contributed by atoms with Gasteiger partial charge in [-0.25, -0.2) is 9.78 Å². The maximum absolute atomic E-state index is 11.0. The van der Waals surface area contributed by atoms with E-state index in [1.807, 2.05) is 13.8 Å². The van der Waals surface area contributed by atoms with E-state index in [1.54, 1.807) is 24.3 Å². The summed E-state index contributed by atoms with van der Waals surface area (Å²) in [7, 11) is 0. The van der Waals surface area contributed by atoms with Crippen LogP contribution in [0.4, 0.5) is 0 Å². The van der Waals surface area contributed by atoms with Crippen molar-refractivity contribution in [3.63, 3.8) is 0 Å². The molecule has 1 N–H and O–H groups in total. The molecule has 2 rings (SSSR count). The van der Waals surface area contributed by atoms with Crippen LogP contribution in [0, 0.1) is 0 Å². The standard InChI is InChI=1S/C13H13NO4/c1-8(2)18-10-5-3-4-9(6-10)12-11(13(15)16)14-7-17-12/h3-8H,1-2H3,(H,15,16). The molecule has 94 valence electrons. The highest BCUT2D eigenvalue weighted by molar-refractivity contribution is 5.92. The van der Waals surface area contributed by atoms with Gasteiger partial charge >= 0.3 is 5.97 Å². The largest absolute Gasteiger partial charge is 0.491 e. The number of carboxylic acids is 1. The summed E-state index contributed by atoms with van der Waals surface area (Å²) in [6, 6.07) is 7.06. The van der Waals surface area contributed by atoms with Crippen molar-refractivity contribution in [2.75, 3.05) is 0 Å². The van der Waals surface area contributed by atoms with Crippen LogP contribution in [0.3, 0.4) is 0 Å². The fourth-order valence-electron chi connectivity index (χ4n) is 1.59. The molecular weight excluding hydrogens is 234 g/mol. The van der Waals surface area contributed by atoms with E-state index >= 15 is 0 Å². The summed E-state index contributed by atoms with van der Waals surface area (Å²) in [6.45, 7) is 3.84. The number of carbonyl (C=O) groups is 1. The van der Waals surface area contributed by atoms with E-state index in [9.17, 15) is 4.79 Å². The zero-order valence-corrected chi connectivity index (χ0v) is 10.1. The molecule has 0 saturated carbocycles. The Bertz CT molecular complexity index is 560. The number of ether oxygens (including phenoxy) is 1. The first-order chi connectivity index (χ1) is 8.58. The van der Waals surface area contributed by atoms with Crippen LogP contribution in [0.25, 0.3) is 11.3 Å². The van der Waals surface area contributed by atoms with Gasteiger partial charge in [0.05, 0.1) is 6.10 Å². The lowest BCUT2D eigenvalue weighted by Crippen LogP contribution is -2.05. The maximum atomic E-state index is 11.0. The van der Waals surface area contributed by atoms with Crippen LogP contribution in [0.2, 0.25) is 0 Å². The summed E-state index contributed by atoms with van der Waals surface area (Å²) >= 11 is 0. The molecule has 1 heterocycles. The minimum atomic E-state index is -1.12. The second-order valence-corrected chi connectivity index (χ2v) is 4.03. The summed E-state index contributed by atoms with van der Waals surface area (Å²) in [5.74, 6) is -0.221. The monoisotopic (exact) mass is 247 g/mol. The van der Waals surface area contributed by atoms with E-state index in [0.717, 1.165) is 6.39 Å². The fraction of sp³-hybridized carbons (Fsp3) is 0.231. The molecule has 1 aromatic carbocycles. The molecule has 0 radical (unpaired) electrons. The molecule has 0 amide bonds. The molecule has 5 heteroatoms. The molecule has 5 nitrogen and oxygen atoms in total. The minimum absolute atomic E-state index is 0.0499. The zero-order chi connectivity index (χ0) is 13.1. The SMILES string of the molecule is CC(C)Oc1cccc(-c2ocnc2C(=O)O)c1. The molecule has 0 unspecified atom stereocenters. The van der Waals surface area contributed by atoms with Gasteiger partial charge in [0.15, 0.2) is 17.8 Å². The average Bonchev–Trinajstić information content (AvgIpc) is 2.77. The Balaban J connectivity index is 2.38. The lowest BCUT2D eigenvalue weighted by molar-refractivity contribution is 0.0691. The number of carboxylic acid groups (broad SMARTS) is 1. The van der Waals surface area contributed by atoms with Crippen molar-refractivity contribution < 1.29 is 19.1 Å². The first-order valence-electron chi connectivity index (χ1n) is 5.52. The molecule has 0 aliphatic heterocycles. The second kappa shape index (κ2) is 4.91.